The van der Waals surface area contributed by atoms with E-state index in [9.17, 15) is 21.6 Å². The van der Waals surface area contributed by atoms with Gasteiger partial charge in [-0.3, -0.25) is 4.98 Å². The average Bonchev–Trinajstić information content (AvgIpc) is 2.57. The van der Waals surface area contributed by atoms with E-state index < -0.39 is 21.6 Å². The zero-order chi connectivity index (χ0) is 20.1. The van der Waals surface area contributed by atoms with E-state index in [1.54, 1.807) is 12.1 Å². The van der Waals surface area contributed by atoms with Gasteiger partial charge in [0.1, 0.15) is 0 Å². The first kappa shape index (κ1) is 19.4. The number of aromatic nitrogens is 1. The van der Waals surface area contributed by atoms with Crippen LogP contribution < -0.4 is 10.2 Å². The van der Waals surface area contributed by atoms with E-state index in [1.165, 1.54) is 12.3 Å². The second-order valence-corrected chi connectivity index (χ2v) is 10.1. The van der Waals surface area contributed by atoms with Gasteiger partial charge in [-0.05, 0) is 36.6 Å². The van der Waals surface area contributed by atoms with E-state index in [4.69, 9.17) is 0 Å². The molecule has 2 saturated heterocycles. The molecule has 0 amide bonds. The van der Waals surface area contributed by atoms with Crippen molar-refractivity contribution in [3.63, 3.8) is 0 Å². The maximum atomic E-state index is 13.4. The summed E-state index contributed by atoms with van der Waals surface area (Å²) in [7, 11) is -2.90. The lowest BCUT2D eigenvalue weighted by Crippen LogP contribution is -2.58. The highest BCUT2D eigenvalue weighted by Crippen LogP contribution is 2.38. The Morgan fingerprint density at radius 3 is 2.57 bits per heavy atom. The largest absolute Gasteiger partial charge is 0.418 e. The first-order chi connectivity index (χ1) is 13.1. The molecule has 9 heteroatoms. The minimum absolute atomic E-state index is 0.0341. The maximum absolute atomic E-state index is 13.4. The van der Waals surface area contributed by atoms with Crippen molar-refractivity contribution in [1.29, 1.82) is 0 Å². The number of pyridine rings is 1. The van der Waals surface area contributed by atoms with Gasteiger partial charge >= 0.3 is 6.18 Å². The van der Waals surface area contributed by atoms with Crippen LogP contribution in [0.3, 0.4) is 0 Å². The Bertz CT molecular complexity index is 982. The number of alkyl halides is 3. The third-order valence-electron chi connectivity index (χ3n) is 5.43. The molecule has 1 N–H and O–H groups in total. The molecule has 2 aromatic rings. The Balaban J connectivity index is 1.62. The van der Waals surface area contributed by atoms with E-state index in [0.29, 0.717) is 17.8 Å². The summed E-state index contributed by atoms with van der Waals surface area (Å²) >= 11 is 0. The van der Waals surface area contributed by atoms with Crippen LogP contribution in [-0.4, -0.2) is 50.1 Å². The summed E-state index contributed by atoms with van der Waals surface area (Å²) in [5.41, 5.74) is -0.0396. The molecule has 152 valence electrons. The van der Waals surface area contributed by atoms with Crippen LogP contribution >= 0.6 is 0 Å². The summed E-state index contributed by atoms with van der Waals surface area (Å²) in [4.78, 5) is 6.09. The highest BCUT2D eigenvalue weighted by atomic mass is 32.2. The summed E-state index contributed by atoms with van der Waals surface area (Å²) < 4.78 is 62.9. The monoisotopic (exact) mass is 413 g/mol. The molecule has 2 atom stereocenters. The van der Waals surface area contributed by atoms with Gasteiger partial charge in [0, 0.05) is 42.4 Å². The second-order valence-electron chi connectivity index (χ2n) is 7.91. The van der Waals surface area contributed by atoms with Crippen LogP contribution in [0.25, 0.3) is 10.9 Å². The molecule has 2 aliphatic rings. The Kier molecular flexibility index (Phi) is 4.78. The van der Waals surface area contributed by atoms with Crippen molar-refractivity contribution in [2.75, 3.05) is 29.5 Å². The van der Waals surface area contributed by atoms with Crippen molar-refractivity contribution in [1.82, 2.24) is 10.3 Å². The molecule has 4 rings (SSSR count). The van der Waals surface area contributed by atoms with E-state index in [1.807, 2.05) is 0 Å². The summed E-state index contributed by atoms with van der Waals surface area (Å²) in [5, 5.41) is 3.89. The van der Waals surface area contributed by atoms with Crippen molar-refractivity contribution in [3.05, 3.63) is 36.0 Å². The van der Waals surface area contributed by atoms with Crippen LogP contribution in [0.1, 0.15) is 18.9 Å². The Labute approximate surface area is 161 Å². The van der Waals surface area contributed by atoms with Crippen molar-refractivity contribution in [2.24, 2.45) is 5.92 Å². The second kappa shape index (κ2) is 6.88. The van der Waals surface area contributed by atoms with Crippen LogP contribution in [0.15, 0.2) is 30.5 Å². The lowest BCUT2D eigenvalue weighted by molar-refractivity contribution is -0.136. The van der Waals surface area contributed by atoms with Crippen molar-refractivity contribution in [2.45, 2.75) is 31.6 Å². The highest BCUT2D eigenvalue weighted by Gasteiger charge is 2.37. The SMILES string of the molecule is C[C@H]1C[C@@H](NC2CS(=O)(=O)C2)CN(c2ccc(C(F)(F)F)c3ncccc23)C1. The third-order valence-corrected chi connectivity index (χ3v) is 7.25. The number of nitrogens with one attached hydrogen (secondary N) is 1. The van der Waals surface area contributed by atoms with E-state index in [2.05, 4.69) is 22.1 Å². The molecule has 0 spiro atoms. The standard InChI is InChI=1S/C19H22F3N3O2S/c1-12-7-13(24-14-10-28(26,27)11-14)9-25(8-12)17-5-4-16(19(20,21)22)18-15(17)3-2-6-23-18/h2-6,12-14,24H,7-11H2,1H3/t12-,13+/m0/s1. The minimum atomic E-state index is -4.46. The van der Waals surface area contributed by atoms with Gasteiger partial charge in [0.05, 0.1) is 22.6 Å². The molecule has 0 unspecified atom stereocenters. The lowest BCUT2D eigenvalue weighted by atomic mass is 9.94. The number of fused-ring (bicyclic) bond motifs is 1. The zero-order valence-electron chi connectivity index (χ0n) is 15.4. The predicted molar refractivity (Wildman–Crippen MR) is 102 cm³/mol. The van der Waals surface area contributed by atoms with Gasteiger partial charge in [0.15, 0.2) is 9.84 Å². The number of benzene rings is 1. The molecule has 0 radical (unpaired) electrons. The fourth-order valence-corrected chi connectivity index (χ4v) is 5.65. The topological polar surface area (TPSA) is 62.3 Å². The number of hydrogen-bond donors (Lipinski definition) is 1. The van der Waals surface area contributed by atoms with Crippen molar-refractivity contribution < 1.29 is 21.6 Å². The van der Waals surface area contributed by atoms with Crippen molar-refractivity contribution >= 4 is 26.4 Å². The summed E-state index contributed by atoms with van der Waals surface area (Å²) in [6.45, 7) is 3.45. The van der Waals surface area contributed by atoms with Crippen LogP contribution in [0.5, 0.6) is 0 Å². The van der Waals surface area contributed by atoms with Gasteiger partial charge in [-0.15, -0.1) is 0 Å². The molecular weight excluding hydrogens is 391 g/mol. The highest BCUT2D eigenvalue weighted by molar-refractivity contribution is 7.92. The first-order valence-electron chi connectivity index (χ1n) is 9.29. The van der Waals surface area contributed by atoms with Crippen LogP contribution in [0.4, 0.5) is 18.9 Å². The Morgan fingerprint density at radius 2 is 1.89 bits per heavy atom. The molecule has 3 heterocycles. The molecule has 2 fully saturated rings. The number of sulfone groups is 1. The van der Waals surface area contributed by atoms with Gasteiger partial charge in [0.2, 0.25) is 0 Å². The minimum Gasteiger partial charge on any atom is -0.369 e. The number of anilines is 1. The third kappa shape index (κ3) is 3.82. The Hall–Kier alpha value is -1.87. The molecule has 2 aliphatic heterocycles. The van der Waals surface area contributed by atoms with Crippen LogP contribution in [0.2, 0.25) is 0 Å². The summed E-state index contributed by atoms with van der Waals surface area (Å²) in [5.74, 6) is 0.646. The summed E-state index contributed by atoms with van der Waals surface area (Å²) in [6.07, 6.45) is -2.18. The van der Waals surface area contributed by atoms with Gasteiger partial charge in [0.25, 0.3) is 0 Å². The number of rotatable bonds is 3. The van der Waals surface area contributed by atoms with Gasteiger partial charge < -0.3 is 10.2 Å². The van der Waals surface area contributed by atoms with Crippen LogP contribution in [-0.2, 0) is 16.0 Å². The van der Waals surface area contributed by atoms with Crippen LogP contribution in [0, 0.1) is 5.92 Å². The van der Waals surface area contributed by atoms with E-state index in [0.717, 1.165) is 24.7 Å². The smallest absolute Gasteiger partial charge is 0.369 e. The normalized spacial score (nSPS) is 25.6. The molecule has 0 aliphatic carbocycles. The van der Waals surface area contributed by atoms with Gasteiger partial charge in [-0.1, -0.05) is 6.92 Å². The molecule has 28 heavy (non-hydrogen) atoms. The number of hydrogen-bond acceptors (Lipinski definition) is 5. The zero-order valence-corrected chi connectivity index (χ0v) is 16.2. The molecule has 0 bridgehead atoms. The van der Waals surface area contributed by atoms with E-state index >= 15 is 0 Å². The Morgan fingerprint density at radius 1 is 1.14 bits per heavy atom. The molecular formula is C19H22F3N3O2S. The number of piperidine rings is 1. The van der Waals surface area contributed by atoms with Gasteiger partial charge in [-0.2, -0.15) is 13.2 Å². The first-order valence-corrected chi connectivity index (χ1v) is 11.1. The van der Waals surface area contributed by atoms with Gasteiger partial charge in [-0.25, -0.2) is 8.42 Å². The maximum Gasteiger partial charge on any atom is 0.418 e. The van der Waals surface area contributed by atoms with E-state index in [-0.39, 0.29) is 29.1 Å². The lowest BCUT2D eigenvalue weighted by Gasteiger charge is -2.41. The van der Waals surface area contributed by atoms with Crippen molar-refractivity contribution in [3.8, 4) is 0 Å². The molecule has 1 aromatic heterocycles. The number of nitrogens with zero attached hydrogens (tertiary/aromatic N) is 2. The predicted octanol–water partition coefficient (Wildman–Crippen LogP) is 2.86. The molecule has 5 nitrogen and oxygen atoms in total. The molecule has 0 saturated carbocycles. The summed E-state index contributed by atoms with van der Waals surface area (Å²) in [6, 6.07) is 6.01. The quantitative estimate of drug-likeness (QED) is 0.839. The molecule has 1 aromatic carbocycles. The fourth-order valence-electron chi connectivity index (χ4n) is 4.32. The fraction of sp³-hybridized carbons (Fsp3) is 0.526. The average molecular weight is 413 g/mol. The number of halogens is 3.